The van der Waals surface area contributed by atoms with E-state index in [4.69, 9.17) is 0 Å². The molecule has 1 aromatic rings. The lowest BCUT2D eigenvalue weighted by Gasteiger charge is -2.08. The monoisotopic (exact) mass is 259 g/mol. The normalized spacial score (nSPS) is 10.7. The second kappa shape index (κ2) is 4.13. The minimum atomic E-state index is -0.102. The highest BCUT2D eigenvalue weighted by Gasteiger charge is 2.18. The molecule has 0 radical (unpaired) electrons. The molecule has 0 aliphatic rings. The number of carbonyl (C=O) groups is 1. The zero-order valence-electron chi connectivity index (χ0n) is 8.76. The number of hydrogen-bond donors (Lipinski definition) is 1. The van der Waals surface area contributed by atoms with Crippen LogP contribution in [-0.4, -0.2) is 21.7 Å². The van der Waals surface area contributed by atoms with Crippen LogP contribution in [0.3, 0.4) is 0 Å². The van der Waals surface area contributed by atoms with Gasteiger partial charge in [0.05, 0.1) is 10.2 Å². The summed E-state index contributed by atoms with van der Waals surface area (Å²) >= 11 is 3.35. The molecule has 1 heterocycles. The van der Waals surface area contributed by atoms with E-state index >= 15 is 0 Å². The summed E-state index contributed by atoms with van der Waals surface area (Å²) in [4.78, 5) is 11.7. The highest BCUT2D eigenvalue weighted by atomic mass is 79.9. The molecule has 1 amide bonds. The first-order valence-electron chi connectivity index (χ1n) is 4.43. The molecule has 0 aliphatic carbocycles. The Hall–Kier alpha value is -0.840. The van der Waals surface area contributed by atoms with Gasteiger partial charge in [0.1, 0.15) is 5.69 Å². The predicted octanol–water partition coefficient (Wildman–Crippen LogP) is 1.63. The van der Waals surface area contributed by atoms with Gasteiger partial charge in [0.15, 0.2) is 0 Å². The molecule has 0 atom stereocenters. The summed E-state index contributed by atoms with van der Waals surface area (Å²) in [7, 11) is 1.76. The van der Waals surface area contributed by atoms with Gasteiger partial charge in [0.2, 0.25) is 0 Å². The predicted molar refractivity (Wildman–Crippen MR) is 58.2 cm³/mol. The Labute approximate surface area is 91.8 Å². The molecule has 0 bridgehead atoms. The van der Waals surface area contributed by atoms with Gasteiger partial charge in [-0.15, -0.1) is 0 Å². The number of carbonyl (C=O) groups excluding carboxylic acids is 1. The zero-order valence-corrected chi connectivity index (χ0v) is 10.3. The van der Waals surface area contributed by atoms with E-state index in [2.05, 4.69) is 26.3 Å². The van der Waals surface area contributed by atoms with E-state index in [-0.39, 0.29) is 11.9 Å². The van der Waals surface area contributed by atoms with Gasteiger partial charge in [0.25, 0.3) is 5.91 Å². The Bertz CT molecular complexity index is 357. The van der Waals surface area contributed by atoms with Crippen LogP contribution in [0.4, 0.5) is 0 Å². The molecule has 1 rings (SSSR count). The summed E-state index contributed by atoms with van der Waals surface area (Å²) in [6.45, 7) is 5.71. The number of rotatable bonds is 2. The summed E-state index contributed by atoms with van der Waals surface area (Å²) in [6.07, 6.45) is 0. The van der Waals surface area contributed by atoms with E-state index in [9.17, 15) is 4.79 Å². The standard InChI is InChI=1S/C9H14BrN3O/c1-5(2)11-9(14)8-7(10)6(3)12-13(8)4/h5H,1-4H3,(H,11,14). The van der Waals surface area contributed by atoms with Crippen LogP contribution in [0.15, 0.2) is 4.47 Å². The maximum Gasteiger partial charge on any atom is 0.270 e. The average Bonchev–Trinajstić information content (AvgIpc) is 2.25. The number of amides is 1. The Morgan fingerprint density at radius 2 is 2.14 bits per heavy atom. The first-order chi connectivity index (χ1) is 6.43. The SMILES string of the molecule is Cc1nn(C)c(C(=O)NC(C)C)c1Br. The average molecular weight is 260 g/mol. The van der Waals surface area contributed by atoms with Crippen molar-refractivity contribution in [3.8, 4) is 0 Å². The molecule has 78 valence electrons. The van der Waals surface area contributed by atoms with Crippen LogP contribution in [0, 0.1) is 6.92 Å². The molecule has 0 aliphatic heterocycles. The van der Waals surface area contributed by atoms with E-state index in [0.29, 0.717) is 5.69 Å². The van der Waals surface area contributed by atoms with Crippen molar-refractivity contribution in [1.82, 2.24) is 15.1 Å². The van der Waals surface area contributed by atoms with Gasteiger partial charge >= 0.3 is 0 Å². The van der Waals surface area contributed by atoms with Crippen LogP contribution in [0.25, 0.3) is 0 Å². The van der Waals surface area contributed by atoms with Crippen LogP contribution in [0.5, 0.6) is 0 Å². The molecule has 0 spiro atoms. The van der Waals surface area contributed by atoms with Crippen molar-refractivity contribution in [3.63, 3.8) is 0 Å². The van der Waals surface area contributed by atoms with Crippen molar-refractivity contribution in [2.75, 3.05) is 0 Å². The summed E-state index contributed by atoms with van der Waals surface area (Å²) in [5, 5.41) is 6.97. The fourth-order valence-electron chi connectivity index (χ4n) is 1.21. The summed E-state index contributed by atoms with van der Waals surface area (Å²) in [5.74, 6) is -0.102. The van der Waals surface area contributed by atoms with Crippen molar-refractivity contribution in [2.45, 2.75) is 26.8 Å². The zero-order chi connectivity index (χ0) is 10.9. The molecule has 0 saturated carbocycles. The Balaban J connectivity index is 3.00. The largest absolute Gasteiger partial charge is 0.349 e. The van der Waals surface area contributed by atoms with E-state index in [1.165, 1.54) is 0 Å². The topological polar surface area (TPSA) is 46.9 Å². The first-order valence-corrected chi connectivity index (χ1v) is 5.22. The van der Waals surface area contributed by atoms with Gasteiger partial charge in [0, 0.05) is 13.1 Å². The Kier molecular flexibility index (Phi) is 3.31. The lowest BCUT2D eigenvalue weighted by molar-refractivity contribution is 0.0933. The third kappa shape index (κ3) is 2.15. The van der Waals surface area contributed by atoms with Gasteiger partial charge in [-0.25, -0.2) is 0 Å². The van der Waals surface area contributed by atoms with Crippen molar-refractivity contribution in [1.29, 1.82) is 0 Å². The van der Waals surface area contributed by atoms with Gasteiger partial charge in [-0.3, -0.25) is 9.48 Å². The fraction of sp³-hybridized carbons (Fsp3) is 0.556. The maximum absolute atomic E-state index is 11.7. The fourth-order valence-corrected chi connectivity index (χ4v) is 1.73. The molecule has 14 heavy (non-hydrogen) atoms. The summed E-state index contributed by atoms with van der Waals surface area (Å²) < 4.78 is 2.34. The number of halogens is 1. The van der Waals surface area contributed by atoms with E-state index in [0.717, 1.165) is 10.2 Å². The highest BCUT2D eigenvalue weighted by Crippen LogP contribution is 2.19. The molecule has 4 nitrogen and oxygen atoms in total. The Morgan fingerprint density at radius 3 is 2.50 bits per heavy atom. The minimum absolute atomic E-state index is 0.102. The third-order valence-electron chi connectivity index (χ3n) is 1.78. The Morgan fingerprint density at radius 1 is 1.57 bits per heavy atom. The quantitative estimate of drug-likeness (QED) is 0.878. The molecule has 0 aromatic carbocycles. The first kappa shape index (κ1) is 11.2. The summed E-state index contributed by atoms with van der Waals surface area (Å²) in [5.41, 5.74) is 1.39. The van der Waals surface area contributed by atoms with Crippen LogP contribution >= 0.6 is 15.9 Å². The minimum Gasteiger partial charge on any atom is -0.349 e. The number of aromatic nitrogens is 2. The van der Waals surface area contributed by atoms with Crippen LogP contribution in [0.1, 0.15) is 30.0 Å². The van der Waals surface area contributed by atoms with Crippen molar-refractivity contribution in [2.24, 2.45) is 7.05 Å². The van der Waals surface area contributed by atoms with Crippen LogP contribution in [0.2, 0.25) is 0 Å². The van der Waals surface area contributed by atoms with E-state index < -0.39 is 0 Å². The van der Waals surface area contributed by atoms with Gasteiger partial charge in [-0.05, 0) is 36.7 Å². The smallest absolute Gasteiger partial charge is 0.270 e. The van der Waals surface area contributed by atoms with E-state index in [1.807, 2.05) is 20.8 Å². The molecule has 1 aromatic heterocycles. The molecule has 0 saturated heterocycles. The third-order valence-corrected chi connectivity index (χ3v) is 2.73. The molecule has 0 fully saturated rings. The molecular weight excluding hydrogens is 246 g/mol. The van der Waals surface area contributed by atoms with E-state index in [1.54, 1.807) is 11.7 Å². The second-order valence-electron chi connectivity index (χ2n) is 3.50. The lowest BCUT2D eigenvalue weighted by Crippen LogP contribution is -2.31. The molecular formula is C9H14BrN3O. The van der Waals surface area contributed by atoms with Crippen molar-refractivity contribution < 1.29 is 4.79 Å². The highest BCUT2D eigenvalue weighted by molar-refractivity contribution is 9.10. The lowest BCUT2D eigenvalue weighted by atomic mass is 10.3. The molecule has 5 heteroatoms. The van der Waals surface area contributed by atoms with Crippen LogP contribution < -0.4 is 5.32 Å². The van der Waals surface area contributed by atoms with Gasteiger partial charge < -0.3 is 5.32 Å². The number of aryl methyl sites for hydroxylation is 2. The van der Waals surface area contributed by atoms with Gasteiger partial charge in [-0.2, -0.15) is 5.10 Å². The molecule has 1 N–H and O–H groups in total. The summed E-state index contributed by atoms with van der Waals surface area (Å²) in [6, 6.07) is 0.129. The van der Waals surface area contributed by atoms with Gasteiger partial charge in [-0.1, -0.05) is 0 Å². The van der Waals surface area contributed by atoms with Crippen molar-refractivity contribution in [3.05, 3.63) is 15.9 Å². The van der Waals surface area contributed by atoms with Crippen molar-refractivity contribution >= 4 is 21.8 Å². The van der Waals surface area contributed by atoms with Crippen LogP contribution in [-0.2, 0) is 7.05 Å². The number of nitrogens with one attached hydrogen (secondary N) is 1. The number of nitrogens with zero attached hydrogens (tertiary/aromatic N) is 2. The number of hydrogen-bond acceptors (Lipinski definition) is 2. The molecule has 0 unspecified atom stereocenters. The maximum atomic E-state index is 11.7. The second-order valence-corrected chi connectivity index (χ2v) is 4.29.